The van der Waals surface area contributed by atoms with Crippen LogP contribution in [0.25, 0.3) is 0 Å². The molecule has 0 saturated carbocycles. The molecular weight excluding hydrogens is 172 g/mol. The predicted octanol–water partition coefficient (Wildman–Crippen LogP) is 2.12. The molecule has 0 bridgehead atoms. The minimum atomic E-state index is 0.634. The summed E-state index contributed by atoms with van der Waals surface area (Å²) in [7, 11) is 2.06. The van der Waals surface area contributed by atoms with Crippen molar-refractivity contribution in [1.82, 2.24) is 4.98 Å². The molecular formula is C9H11ClN2. The number of aryl methyl sites for hydroxylation is 1. The van der Waals surface area contributed by atoms with Gasteiger partial charge in [-0.05, 0) is 24.5 Å². The Bertz CT molecular complexity index is 299. The Morgan fingerprint density at radius 3 is 3.17 bits per heavy atom. The first-order valence-electron chi connectivity index (χ1n) is 4.13. The summed E-state index contributed by atoms with van der Waals surface area (Å²) >= 11 is 5.98. The summed E-state index contributed by atoms with van der Waals surface area (Å²) in [5.41, 5.74) is 2.44. The summed E-state index contributed by atoms with van der Waals surface area (Å²) in [6.07, 6.45) is 4.12. The van der Waals surface area contributed by atoms with Gasteiger partial charge < -0.3 is 4.90 Å². The molecule has 0 aliphatic carbocycles. The van der Waals surface area contributed by atoms with E-state index >= 15 is 0 Å². The minimum absolute atomic E-state index is 0.634. The van der Waals surface area contributed by atoms with E-state index in [1.165, 1.54) is 12.0 Å². The Morgan fingerprint density at radius 2 is 2.42 bits per heavy atom. The molecule has 1 aromatic rings. The number of aromatic nitrogens is 1. The van der Waals surface area contributed by atoms with Gasteiger partial charge >= 0.3 is 0 Å². The van der Waals surface area contributed by atoms with E-state index in [0.717, 1.165) is 18.7 Å². The normalized spacial score (nSPS) is 16.0. The van der Waals surface area contributed by atoms with Crippen molar-refractivity contribution in [2.75, 3.05) is 18.5 Å². The molecule has 2 nitrogen and oxygen atoms in total. The summed E-state index contributed by atoms with van der Waals surface area (Å²) < 4.78 is 0. The summed E-state index contributed by atoms with van der Waals surface area (Å²) in [6.45, 7) is 1.08. The van der Waals surface area contributed by atoms with Gasteiger partial charge in [-0.15, -0.1) is 0 Å². The van der Waals surface area contributed by atoms with E-state index in [1.54, 1.807) is 6.20 Å². The molecule has 2 rings (SSSR count). The van der Waals surface area contributed by atoms with Gasteiger partial charge in [0, 0.05) is 19.8 Å². The molecule has 0 radical (unpaired) electrons. The molecule has 64 valence electrons. The van der Waals surface area contributed by atoms with E-state index < -0.39 is 0 Å². The van der Waals surface area contributed by atoms with Crippen LogP contribution in [0.5, 0.6) is 0 Å². The van der Waals surface area contributed by atoms with E-state index in [-0.39, 0.29) is 0 Å². The van der Waals surface area contributed by atoms with Gasteiger partial charge in [0.15, 0.2) is 5.15 Å². The van der Waals surface area contributed by atoms with Crippen LogP contribution in [0.3, 0.4) is 0 Å². The average molecular weight is 183 g/mol. The topological polar surface area (TPSA) is 16.1 Å². The third kappa shape index (κ3) is 1.16. The van der Waals surface area contributed by atoms with Gasteiger partial charge in [-0.1, -0.05) is 11.6 Å². The van der Waals surface area contributed by atoms with Crippen molar-refractivity contribution >= 4 is 17.3 Å². The average Bonchev–Trinajstić information content (AvgIpc) is 2.04. The van der Waals surface area contributed by atoms with E-state index in [9.17, 15) is 0 Å². The van der Waals surface area contributed by atoms with Gasteiger partial charge in [0.05, 0.1) is 5.69 Å². The van der Waals surface area contributed by atoms with Crippen LogP contribution in [0.15, 0.2) is 12.3 Å². The van der Waals surface area contributed by atoms with Gasteiger partial charge in [-0.25, -0.2) is 4.98 Å². The van der Waals surface area contributed by atoms with Gasteiger partial charge in [0.2, 0.25) is 0 Å². The largest absolute Gasteiger partial charge is 0.372 e. The smallest absolute Gasteiger partial charge is 0.152 e. The van der Waals surface area contributed by atoms with Crippen LogP contribution in [0.2, 0.25) is 5.15 Å². The fourth-order valence-electron chi connectivity index (χ4n) is 1.69. The lowest BCUT2D eigenvalue weighted by atomic mass is 10.0. The summed E-state index contributed by atoms with van der Waals surface area (Å²) in [5.74, 6) is 0. The maximum atomic E-state index is 5.98. The van der Waals surface area contributed by atoms with E-state index in [0.29, 0.717) is 5.15 Å². The third-order valence-electron chi connectivity index (χ3n) is 2.28. The molecule has 1 aromatic heterocycles. The molecule has 0 spiro atoms. The molecule has 1 aliphatic rings. The number of hydrogen-bond donors (Lipinski definition) is 0. The van der Waals surface area contributed by atoms with Crippen molar-refractivity contribution in [3.05, 3.63) is 23.0 Å². The molecule has 1 aliphatic heterocycles. The van der Waals surface area contributed by atoms with Crippen LogP contribution >= 0.6 is 11.6 Å². The fourth-order valence-corrected chi connectivity index (χ4v) is 2.01. The molecule has 0 saturated heterocycles. The Balaban J connectivity index is 2.53. The number of halogens is 1. The lowest BCUT2D eigenvalue weighted by molar-refractivity contribution is 0.741. The van der Waals surface area contributed by atoms with E-state index in [2.05, 4.69) is 23.0 Å². The number of hydrogen-bond acceptors (Lipinski definition) is 2. The second-order valence-electron chi connectivity index (χ2n) is 3.13. The highest BCUT2D eigenvalue weighted by Gasteiger charge is 2.16. The van der Waals surface area contributed by atoms with Crippen molar-refractivity contribution in [2.45, 2.75) is 12.8 Å². The predicted molar refractivity (Wildman–Crippen MR) is 50.8 cm³/mol. The zero-order valence-electron chi connectivity index (χ0n) is 7.05. The van der Waals surface area contributed by atoms with Crippen molar-refractivity contribution < 1.29 is 0 Å². The van der Waals surface area contributed by atoms with Gasteiger partial charge in [-0.2, -0.15) is 0 Å². The van der Waals surface area contributed by atoms with Crippen LogP contribution in [0, 0.1) is 0 Å². The number of pyridine rings is 1. The van der Waals surface area contributed by atoms with Crippen LogP contribution in [0.4, 0.5) is 5.69 Å². The van der Waals surface area contributed by atoms with Gasteiger partial charge in [0.1, 0.15) is 0 Å². The molecule has 2 heterocycles. The van der Waals surface area contributed by atoms with Gasteiger partial charge in [-0.3, -0.25) is 0 Å². The molecule has 3 heteroatoms. The van der Waals surface area contributed by atoms with Crippen molar-refractivity contribution in [3.8, 4) is 0 Å². The third-order valence-corrected chi connectivity index (χ3v) is 2.56. The fraction of sp³-hybridized carbons (Fsp3) is 0.444. The number of fused-ring (bicyclic) bond motifs is 1. The highest BCUT2D eigenvalue weighted by molar-refractivity contribution is 6.32. The molecule has 0 aromatic carbocycles. The monoisotopic (exact) mass is 182 g/mol. The first kappa shape index (κ1) is 7.87. The lowest BCUT2D eigenvalue weighted by Crippen LogP contribution is -2.25. The Kier molecular flexibility index (Phi) is 1.93. The maximum Gasteiger partial charge on any atom is 0.152 e. The summed E-state index contributed by atoms with van der Waals surface area (Å²) in [5, 5.41) is 0.634. The Labute approximate surface area is 77.2 Å². The molecule has 0 N–H and O–H groups in total. The second-order valence-corrected chi connectivity index (χ2v) is 3.49. The zero-order valence-corrected chi connectivity index (χ0v) is 7.80. The highest BCUT2D eigenvalue weighted by Crippen LogP contribution is 2.30. The molecule has 0 unspecified atom stereocenters. The second kappa shape index (κ2) is 2.94. The highest BCUT2D eigenvalue weighted by atomic mass is 35.5. The zero-order chi connectivity index (χ0) is 8.55. The van der Waals surface area contributed by atoms with Gasteiger partial charge in [0.25, 0.3) is 0 Å². The van der Waals surface area contributed by atoms with Crippen molar-refractivity contribution in [3.63, 3.8) is 0 Å². The van der Waals surface area contributed by atoms with Crippen LogP contribution in [0.1, 0.15) is 12.0 Å². The summed E-state index contributed by atoms with van der Waals surface area (Å²) in [4.78, 5) is 6.24. The first-order chi connectivity index (χ1) is 5.79. The number of anilines is 1. The number of nitrogens with zero attached hydrogens (tertiary/aromatic N) is 2. The van der Waals surface area contributed by atoms with E-state index in [1.807, 2.05) is 0 Å². The van der Waals surface area contributed by atoms with Crippen LogP contribution < -0.4 is 4.90 Å². The lowest BCUT2D eigenvalue weighted by Gasteiger charge is -2.27. The Morgan fingerprint density at radius 1 is 1.58 bits per heavy atom. The molecule has 0 amide bonds. The van der Waals surface area contributed by atoms with E-state index in [4.69, 9.17) is 11.6 Å². The first-order valence-corrected chi connectivity index (χ1v) is 4.51. The quantitative estimate of drug-likeness (QED) is 0.572. The summed E-state index contributed by atoms with van der Waals surface area (Å²) in [6, 6.07) is 2.05. The minimum Gasteiger partial charge on any atom is -0.372 e. The standard InChI is InChI=1S/C9H11ClN2/c1-12-6-2-3-7-4-5-11-9(10)8(7)12/h4-5H,2-3,6H2,1H3. The Hall–Kier alpha value is -0.760. The number of rotatable bonds is 0. The van der Waals surface area contributed by atoms with Crippen molar-refractivity contribution in [1.29, 1.82) is 0 Å². The molecule has 0 fully saturated rings. The molecule has 0 atom stereocenters. The SMILES string of the molecule is CN1CCCc2ccnc(Cl)c21. The van der Waals surface area contributed by atoms with Crippen LogP contribution in [-0.4, -0.2) is 18.6 Å². The maximum absolute atomic E-state index is 5.98. The van der Waals surface area contributed by atoms with Crippen molar-refractivity contribution in [2.24, 2.45) is 0 Å². The molecule has 12 heavy (non-hydrogen) atoms. The van der Waals surface area contributed by atoms with Crippen LogP contribution in [-0.2, 0) is 6.42 Å².